The molecular formula is C13H15NO3. The molecule has 4 heteroatoms. The van der Waals surface area contributed by atoms with E-state index in [9.17, 15) is 5.11 Å². The van der Waals surface area contributed by atoms with E-state index in [-0.39, 0.29) is 6.61 Å². The number of hydrogen-bond acceptors (Lipinski definition) is 4. The van der Waals surface area contributed by atoms with Gasteiger partial charge in [-0.3, -0.25) is 0 Å². The molecule has 0 aliphatic carbocycles. The second kappa shape index (κ2) is 5.01. The fourth-order valence-electron chi connectivity index (χ4n) is 1.61. The van der Waals surface area contributed by atoms with Crippen LogP contribution in [0.1, 0.15) is 22.6 Å². The Balaban J connectivity index is 2.08. The largest absolute Gasteiger partial charge is 0.485 e. The summed E-state index contributed by atoms with van der Waals surface area (Å²) in [5.41, 5.74) is 2.70. The molecule has 17 heavy (non-hydrogen) atoms. The van der Waals surface area contributed by atoms with E-state index >= 15 is 0 Å². The number of rotatable bonds is 4. The first-order chi connectivity index (χ1) is 8.19. The molecule has 2 aromatic rings. The third kappa shape index (κ3) is 2.85. The van der Waals surface area contributed by atoms with Crippen LogP contribution in [0.25, 0.3) is 0 Å². The number of aryl methyl sites for hydroxylation is 2. The second-order valence-electron chi connectivity index (χ2n) is 3.99. The van der Waals surface area contributed by atoms with Gasteiger partial charge in [-0.2, -0.15) is 0 Å². The number of aliphatic hydroxyl groups is 1. The molecule has 0 unspecified atom stereocenters. The van der Waals surface area contributed by atoms with E-state index in [1.54, 1.807) is 0 Å². The van der Waals surface area contributed by atoms with E-state index in [0.29, 0.717) is 18.1 Å². The van der Waals surface area contributed by atoms with Crippen LogP contribution in [0.15, 0.2) is 28.8 Å². The Morgan fingerprint density at radius 1 is 1.29 bits per heavy atom. The zero-order valence-corrected chi connectivity index (χ0v) is 9.93. The Labute approximate surface area is 99.8 Å². The zero-order chi connectivity index (χ0) is 12.3. The maximum atomic E-state index is 9.23. The summed E-state index contributed by atoms with van der Waals surface area (Å²) in [5.74, 6) is 1.35. The van der Waals surface area contributed by atoms with Crippen LogP contribution in [0.4, 0.5) is 0 Å². The van der Waals surface area contributed by atoms with E-state index in [4.69, 9.17) is 9.26 Å². The first-order valence-corrected chi connectivity index (χ1v) is 5.44. The maximum Gasteiger partial charge on any atom is 0.174 e. The standard InChI is InChI=1S/C13H15NO3/c1-9-3-4-13(11(5-9)7-15)16-8-12-6-10(2)14-17-12/h3-6,15H,7-8H2,1-2H3. The van der Waals surface area contributed by atoms with Crippen LogP contribution in [0, 0.1) is 13.8 Å². The average molecular weight is 233 g/mol. The lowest BCUT2D eigenvalue weighted by Gasteiger charge is -2.09. The highest BCUT2D eigenvalue weighted by Gasteiger charge is 2.06. The van der Waals surface area contributed by atoms with Crippen molar-refractivity contribution in [3.05, 3.63) is 46.8 Å². The number of ether oxygens (including phenoxy) is 1. The molecule has 0 bridgehead atoms. The number of aromatic nitrogens is 1. The van der Waals surface area contributed by atoms with E-state index in [2.05, 4.69) is 5.16 Å². The summed E-state index contributed by atoms with van der Waals surface area (Å²) in [6.07, 6.45) is 0. The van der Waals surface area contributed by atoms with Crippen LogP contribution in [0.2, 0.25) is 0 Å². The Kier molecular flexibility index (Phi) is 3.44. The molecule has 2 rings (SSSR count). The quantitative estimate of drug-likeness (QED) is 0.880. The normalized spacial score (nSPS) is 10.5. The van der Waals surface area contributed by atoms with Gasteiger partial charge >= 0.3 is 0 Å². The lowest BCUT2D eigenvalue weighted by Crippen LogP contribution is -1.98. The van der Waals surface area contributed by atoms with Crippen molar-refractivity contribution >= 4 is 0 Å². The summed E-state index contributed by atoms with van der Waals surface area (Å²) in [7, 11) is 0. The van der Waals surface area contributed by atoms with Gasteiger partial charge in [-0.05, 0) is 19.9 Å². The fourth-order valence-corrected chi connectivity index (χ4v) is 1.61. The smallest absolute Gasteiger partial charge is 0.174 e. The summed E-state index contributed by atoms with van der Waals surface area (Å²) < 4.78 is 10.6. The topological polar surface area (TPSA) is 55.5 Å². The number of nitrogens with zero attached hydrogens (tertiary/aromatic N) is 1. The highest BCUT2D eigenvalue weighted by atomic mass is 16.5. The minimum atomic E-state index is -0.0353. The summed E-state index contributed by atoms with van der Waals surface area (Å²) in [5, 5.41) is 13.0. The van der Waals surface area contributed by atoms with Gasteiger partial charge in [0.15, 0.2) is 5.76 Å². The summed E-state index contributed by atoms with van der Waals surface area (Å²) in [6, 6.07) is 7.53. The van der Waals surface area contributed by atoms with Crippen LogP contribution < -0.4 is 4.74 Å². The first kappa shape index (κ1) is 11.7. The highest BCUT2D eigenvalue weighted by Crippen LogP contribution is 2.21. The van der Waals surface area contributed by atoms with Crippen LogP contribution in [-0.4, -0.2) is 10.3 Å². The van der Waals surface area contributed by atoms with E-state index in [1.165, 1.54) is 0 Å². The van der Waals surface area contributed by atoms with Gasteiger partial charge in [0, 0.05) is 11.6 Å². The molecule has 0 aliphatic heterocycles. The van der Waals surface area contributed by atoms with Gasteiger partial charge in [-0.1, -0.05) is 22.9 Å². The van der Waals surface area contributed by atoms with Crippen molar-refractivity contribution in [1.29, 1.82) is 0 Å². The molecule has 0 saturated heterocycles. The van der Waals surface area contributed by atoms with Gasteiger partial charge in [-0.25, -0.2) is 0 Å². The van der Waals surface area contributed by atoms with Gasteiger partial charge in [0.1, 0.15) is 12.4 Å². The molecule has 0 amide bonds. The fraction of sp³-hybridized carbons (Fsp3) is 0.308. The van der Waals surface area contributed by atoms with Gasteiger partial charge in [0.05, 0.1) is 12.3 Å². The molecule has 0 spiro atoms. The van der Waals surface area contributed by atoms with Crippen LogP contribution >= 0.6 is 0 Å². The zero-order valence-electron chi connectivity index (χ0n) is 9.93. The van der Waals surface area contributed by atoms with Crippen molar-refractivity contribution in [1.82, 2.24) is 5.16 Å². The van der Waals surface area contributed by atoms with Crippen molar-refractivity contribution in [3.63, 3.8) is 0 Å². The average Bonchev–Trinajstić information content (AvgIpc) is 2.73. The molecule has 0 radical (unpaired) electrons. The van der Waals surface area contributed by atoms with E-state index < -0.39 is 0 Å². The SMILES string of the molecule is Cc1ccc(OCc2cc(C)no2)c(CO)c1. The molecule has 1 aromatic heterocycles. The van der Waals surface area contributed by atoms with E-state index in [1.807, 2.05) is 38.1 Å². The third-order valence-corrected chi connectivity index (χ3v) is 2.43. The molecule has 0 fully saturated rings. The van der Waals surface area contributed by atoms with Crippen molar-refractivity contribution in [2.75, 3.05) is 0 Å². The molecule has 0 saturated carbocycles. The van der Waals surface area contributed by atoms with Crippen molar-refractivity contribution in [2.45, 2.75) is 27.1 Å². The van der Waals surface area contributed by atoms with Gasteiger partial charge in [-0.15, -0.1) is 0 Å². The Hall–Kier alpha value is -1.81. The number of benzene rings is 1. The van der Waals surface area contributed by atoms with Crippen LogP contribution in [-0.2, 0) is 13.2 Å². The van der Waals surface area contributed by atoms with Crippen LogP contribution in [0.3, 0.4) is 0 Å². The van der Waals surface area contributed by atoms with Crippen molar-refractivity contribution in [3.8, 4) is 5.75 Å². The molecule has 1 N–H and O–H groups in total. The second-order valence-corrected chi connectivity index (χ2v) is 3.99. The maximum absolute atomic E-state index is 9.23. The molecule has 4 nitrogen and oxygen atoms in total. The molecule has 1 heterocycles. The first-order valence-electron chi connectivity index (χ1n) is 5.44. The Bertz CT molecular complexity index is 505. The van der Waals surface area contributed by atoms with Crippen LogP contribution in [0.5, 0.6) is 5.75 Å². The molecular weight excluding hydrogens is 218 g/mol. The summed E-state index contributed by atoms with van der Waals surface area (Å²) >= 11 is 0. The number of hydrogen-bond donors (Lipinski definition) is 1. The molecule has 0 aliphatic rings. The molecule has 0 atom stereocenters. The highest BCUT2D eigenvalue weighted by molar-refractivity contribution is 5.36. The minimum absolute atomic E-state index is 0.0353. The lowest BCUT2D eigenvalue weighted by atomic mass is 10.1. The summed E-state index contributed by atoms with van der Waals surface area (Å²) in [6.45, 7) is 4.12. The Morgan fingerprint density at radius 2 is 2.12 bits per heavy atom. The van der Waals surface area contributed by atoms with Gasteiger partial charge < -0.3 is 14.4 Å². The van der Waals surface area contributed by atoms with E-state index in [0.717, 1.165) is 16.8 Å². The molecule has 90 valence electrons. The third-order valence-electron chi connectivity index (χ3n) is 2.43. The predicted molar refractivity (Wildman–Crippen MR) is 62.7 cm³/mol. The summed E-state index contributed by atoms with van der Waals surface area (Å²) in [4.78, 5) is 0. The minimum Gasteiger partial charge on any atom is -0.485 e. The van der Waals surface area contributed by atoms with Crippen molar-refractivity contribution in [2.24, 2.45) is 0 Å². The predicted octanol–water partition coefficient (Wildman–Crippen LogP) is 2.36. The Morgan fingerprint density at radius 3 is 2.76 bits per heavy atom. The molecule has 1 aromatic carbocycles. The monoisotopic (exact) mass is 233 g/mol. The van der Waals surface area contributed by atoms with Gasteiger partial charge in [0.2, 0.25) is 0 Å². The number of aliphatic hydroxyl groups excluding tert-OH is 1. The van der Waals surface area contributed by atoms with Gasteiger partial charge in [0.25, 0.3) is 0 Å². The lowest BCUT2D eigenvalue weighted by molar-refractivity contribution is 0.233. The van der Waals surface area contributed by atoms with Crippen molar-refractivity contribution < 1.29 is 14.4 Å².